The summed E-state index contributed by atoms with van der Waals surface area (Å²) in [5.41, 5.74) is 0.269. The number of aliphatic carboxylic acids is 1. The first kappa shape index (κ1) is 27.7. The minimum Gasteiger partial charge on any atom is -0.481 e. The molecule has 0 aromatic heterocycles. The van der Waals surface area contributed by atoms with E-state index in [0.29, 0.717) is 0 Å². The van der Waals surface area contributed by atoms with Crippen molar-refractivity contribution >= 4 is 53.0 Å². The summed E-state index contributed by atoms with van der Waals surface area (Å²) in [6.07, 6.45) is -0.442. The van der Waals surface area contributed by atoms with E-state index in [1.807, 2.05) is 0 Å². The molecule has 1 heterocycles. The number of carbonyl (C=O) groups excluding carboxylic acids is 6. The van der Waals surface area contributed by atoms with Crippen LogP contribution >= 0.6 is 0 Å². The number of aldehydes is 1. The Morgan fingerprint density at radius 2 is 1.63 bits per heavy atom. The number of nitrogens with one attached hydrogen (secondary N) is 2. The molecule has 2 atom stereocenters. The average molecular weight is 524 g/mol. The van der Waals surface area contributed by atoms with Gasteiger partial charge >= 0.3 is 5.97 Å². The van der Waals surface area contributed by atoms with Crippen molar-refractivity contribution < 1.29 is 43.8 Å². The van der Waals surface area contributed by atoms with Gasteiger partial charge in [-0.15, -0.1) is 0 Å². The lowest BCUT2D eigenvalue weighted by molar-refractivity contribution is -0.139. The van der Waals surface area contributed by atoms with Gasteiger partial charge in [-0.1, -0.05) is 42.5 Å². The fraction of sp³-hybridized carbons (Fsp3) is 0.240. The van der Waals surface area contributed by atoms with Gasteiger partial charge in [0.1, 0.15) is 25.5 Å². The van der Waals surface area contributed by atoms with Gasteiger partial charge in [0.2, 0.25) is 11.7 Å². The maximum Gasteiger partial charge on any atom is 0.305 e. The molecule has 4 amide bonds. The fourth-order valence-electron chi connectivity index (χ4n) is 3.84. The number of fused-ring (bicyclic) bond motifs is 1. The van der Waals surface area contributed by atoms with E-state index in [9.17, 15) is 38.7 Å². The molecule has 0 fully saturated rings. The van der Waals surface area contributed by atoms with E-state index in [2.05, 4.69) is 10.6 Å². The maximum absolute atomic E-state index is 13.6. The highest BCUT2D eigenvalue weighted by Gasteiger charge is 2.38. The van der Waals surface area contributed by atoms with E-state index in [-0.39, 0.29) is 23.2 Å². The number of anilines is 2. The first-order valence-corrected chi connectivity index (χ1v) is 11.3. The zero-order valence-electron chi connectivity index (χ0n) is 19.9. The lowest BCUT2D eigenvalue weighted by Gasteiger charge is -2.25. The van der Waals surface area contributed by atoms with Crippen LogP contribution in [0.2, 0.25) is 0 Å². The Morgan fingerprint density at radius 3 is 2.24 bits per heavy atom. The minimum absolute atomic E-state index is 0.0622. The normalized spacial score (nSPS) is 15.5. The number of para-hydroxylation sites is 2. The third kappa shape index (κ3) is 6.44. The highest BCUT2D eigenvalue weighted by Crippen LogP contribution is 2.32. The van der Waals surface area contributed by atoms with E-state index in [1.54, 1.807) is 24.3 Å². The molecule has 0 saturated carbocycles. The van der Waals surface area contributed by atoms with Crippen LogP contribution in [0.4, 0.5) is 11.4 Å². The number of Topliss-reactive ketones (excluding diaryl/α,β-unsaturated/α-hetero) is 1. The molecule has 0 aliphatic carbocycles. The van der Waals surface area contributed by atoms with Crippen molar-refractivity contribution in [1.82, 2.24) is 10.6 Å². The van der Waals surface area contributed by atoms with Crippen molar-refractivity contribution in [2.24, 2.45) is 0 Å². The Kier molecular flexibility index (Phi) is 9.00. The predicted octanol–water partition coefficient (Wildman–Crippen LogP) is -1.12. The summed E-state index contributed by atoms with van der Waals surface area (Å²) >= 11 is 0. The summed E-state index contributed by atoms with van der Waals surface area (Å²) in [5, 5.41) is 22.9. The van der Waals surface area contributed by atoms with Crippen LogP contribution in [0.5, 0.6) is 0 Å². The summed E-state index contributed by atoms with van der Waals surface area (Å²) in [5.74, 6) is -5.97. The summed E-state index contributed by atoms with van der Waals surface area (Å²) in [4.78, 5) is 88.3. The van der Waals surface area contributed by atoms with Gasteiger partial charge in [-0.25, -0.2) is 0 Å². The second kappa shape index (κ2) is 12.4. The SMILES string of the molecule is O=C[C@H](CC(=O)O)NC(=O)CN1C(=O)C(NC(=O)C(=O)c2ccccc2)CN(C(=O)CO)c2ccccc21. The van der Waals surface area contributed by atoms with Crippen molar-refractivity contribution in [3.63, 3.8) is 0 Å². The molecule has 4 N–H and O–H groups in total. The molecule has 2 aromatic carbocycles. The third-order valence-corrected chi connectivity index (χ3v) is 5.58. The summed E-state index contributed by atoms with van der Waals surface area (Å²) in [6.45, 7) is -2.10. The molecule has 1 aliphatic heterocycles. The molecule has 13 nitrogen and oxygen atoms in total. The molecule has 0 radical (unpaired) electrons. The fourth-order valence-corrected chi connectivity index (χ4v) is 3.84. The lowest BCUT2D eigenvalue weighted by atomic mass is 10.1. The number of amides is 4. The maximum atomic E-state index is 13.6. The number of hydrogen-bond donors (Lipinski definition) is 4. The van der Waals surface area contributed by atoms with E-state index >= 15 is 0 Å². The lowest BCUT2D eigenvalue weighted by Crippen LogP contribution is -2.56. The van der Waals surface area contributed by atoms with E-state index in [4.69, 9.17) is 5.11 Å². The third-order valence-electron chi connectivity index (χ3n) is 5.58. The second-order valence-electron chi connectivity index (χ2n) is 8.20. The second-order valence-corrected chi connectivity index (χ2v) is 8.20. The van der Waals surface area contributed by atoms with E-state index < -0.39 is 73.6 Å². The zero-order chi connectivity index (χ0) is 27.8. The summed E-state index contributed by atoms with van der Waals surface area (Å²) in [6, 6.07) is 10.6. The topological polar surface area (TPSA) is 190 Å². The van der Waals surface area contributed by atoms with Crippen LogP contribution in [0.25, 0.3) is 0 Å². The molecule has 2 aromatic rings. The van der Waals surface area contributed by atoms with Crippen molar-refractivity contribution in [2.45, 2.75) is 18.5 Å². The molecular formula is C25H24N4O9. The number of aliphatic hydroxyl groups excluding tert-OH is 1. The minimum atomic E-state index is -1.51. The summed E-state index contributed by atoms with van der Waals surface area (Å²) < 4.78 is 0. The van der Waals surface area contributed by atoms with Gasteiger partial charge in [0.05, 0.1) is 30.4 Å². The smallest absolute Gasteiger partial charge is 0.305 e. The summed E-state index contributed by atoms with van der Waals surface area (Å²) in [7, 11) is 0. The van der Waals surface area contributed by atoms with Gasteiger partial charge in [0, 0.05) is 5.56 Å². The monoisotopic (exact) mass is 524 g/mol. The number of carboxylic acid groups (broad SMARTS) is 1. The molecular weight excluding hydrogens is 500 g/mol. The highest BCUT2D eigenvalue weighted by molar-refractivity contribution is 6.43. The standard InChI is InChI=1S/C25H24N4O9/c30-13-16(10-22(34)35)26-20(32)12-29-19-9-5-4-8-18(19)28(21(33)14-31)11-17(25(29)38)27-24(37)23(36)15-6-2-1-3-7-15/h1-9,13,16-17,31H,10-12,14H2,(H,26,32)(H,27,37)(H,34,35)/t16-,17?/m0/s1. The van der Waals surface area contributed by atoms with Gasteiger partial charge in [0.25, 0.3) is 17.7 Å². The molecule has 13 heteroatoms. The van der Waals surface area contributed by atoms with E-state index in [0.717, 1.165) is 9.80 Å². The van der Waals surface area contributed by atoms with Crippen LogP contribution in [0.15, 0.2) is 54.6 Å². The highest BCUT2D eigenvalue weighted by atomic mass is 16.4. The predicted molar refractivity (Wildman–Crippen MR) is 131 cm³/mol. The molecule has 0 bridgehead atoms. The van der Waals surface area contributed by atoms with Crippen LogP contribution in [-0.2, 0) is 28.8 Å². The Labute approximate surface area is 216 Å². The van der Waals surface area contributed by atoms with Gasteiger partial charge in [-0.05, 0) is 12.1 Å². The number of benzene rings is 2. The van der Waals surface area contributed by atoms with E-state index in [1.165, 1.54) is 30.3 Å². The quantitative estimate of drug-likeness (QED) is 0.169. The van der Waals surface area contributed by atoms with Gasteiger partial charge < -0.3 is 30.5 Å². The zero-order valence-corrected chi connectivity index (χ0v) is 19.9. The van der Waals surface area contributed by atoms with Gasteiger partial charge in [0.15, 0.2) is 0 Å². The number of aliphatic hydroxyl groups is 1. The number of carboxylic acids is 1. The first-order valence-electron chi connectivity index (χ1n) is 11.3. The van der Waals surface area contributed by atoms with Crippen LogP contribution in [0, 0.1) is 0 Å². The molecule has 1 aliphatic rings. The number of ketones is 1. The van der Waals surface area contributed by atoms with Crippen molar-refractivity contribution in [3.8, 4) is 0 Å². The Morgan fingerprint density at radius 1 is 1.00 bits per heavy atom. The number of hydrogen-bond acceptors (Lipinski definition) is 8. The van der Waals surface area contributed by atoms with Crippen LogP contribution in [0.1, 0.15) is 16.8 Å². The first-order chi connectivity index (χ1) is 18.2. The van der Waals surface area contributed by atoms with Crippen LogP contribution < -0.4 is 20.4 Å². The molecule has 198 valence electrons. The Bertz CT molecular complexity index is 1260. The van der Waals surface area contributed by atoms with Crippen LogP contribution in [-0.4, -0.2) is 83.7 Å². The number of rotatable bonds is 10. The Hall–Kier alpha value is -4.91. The van der Waals surface area contributed by atoms with Gasteiger partial charge in [-0.3, -0.25) is 33.7 Å². The molecule has 3 rings (SSSR count). The van der Waals surface area contributed by atoms with Crippen molar-refractivity contribution in [2.75, 3.05) is 29.5 Å². The largest absolute Gasteiger partial charge is 0.481 e. The number of carbonyl (C=O) groups is 7. The van der Waals surface area contributed by atoms with Gasteiger partial charge in [-0.2, -0.15) is 0 Å². The molecule has 1 unspecified atom stereocenters. The van der Waals surface area contributed by atoms with Crippen LogP contribution in [0.3, 0.4) is 0 Å². The van der Waals surface area contributed by atoms with Crippen molar-refractivity contribution in [1.29, 1.82) is 0 Å². The molecule has 38 heavy (non-hydrogen) atoms. The Balaban J connectivity index is 1.95. The molecule has 0 spiro atoms. The molecule has 0 saturated heterocycles. The number of nitrogens with zero attached hydrogens (tertiary/aromatic N) is 2. The average Bonchev–Trinajstić information content (AvgIpc) is 3.02. The van der Waals surface area contributed by atoms with Crippen molar-refractivity contribution in [3.05, 3.63) is 60.2 Å².